The lowest BCUT2D eigenvalue weighted by atomic mass is 10.1. The van der Waals surface area contributed by atoms with E-state index in [1.165, 1.54) is 0 Å². The van der Waals surface area contributed by atoms with Gasteiger partial charge in [-0.2, -0.15) is 11.8 Å². The van der Waals surface area contributed by atoms with Crippen molar-refractivity contribution in [2.24, 2.45) is 0 Å². The third kappa shape index (κ3) is 5.55. The summed E-state index contributed by atoms with van der Waals surface area (Å²) in [6, 6.07) is 9.20. The van der Waals surface area contributed by atoms with Crippen LogP contribution in [0.4, 0.5) is 0 Å². The third-order valence-corrected chi connectivity index (χ3v) is 4.61. The maximum absolute atomic E-state index is 12.6. The van der Waals surface area contributed by atoms with Crippen molar-refractivity contribution in [2.45, 2.75) is 19.4 Å². The SMILES string of the molecule is CCCNC(=O)COC(=O)C(c1ccccc1)N1CCSCC1. The molecule has 126 valence electrons. The molecule has 1 N–H and O–H groups in total. The Hall–Kier alpha value is -1.53. The zero-order chi connectivity index (χ0) is 16.5. The molecule has 1 unspecified atom stereocenters. The van der Waals surface area contributed by atoms with E-state index in [9.17, 15) is 9.59 Å². The van der Waals surface area contributed by atoms with Gasteiger partial charge in [0.2, 0.25) is 0 Å². The molecule has 0 aliphatic carbocycles. The molecule has 1 aliphatic heterocycles. The molecule has 1 fully saturated rings. The van der Waals surface area contributed by atoms with Gasteiger partial charge in [-0.15, -0.1) is 0 Å². The number of esters is 1. The van der Waals surface area contributed by atoms with Crippen LogP contribution in [0.3, 0.4) is 0 Å². The monoisotopic (exact) mass is 336 g/mol. The molecule has 1 aliphatic rings. The number of amides is 1. The predicted molar refractivity (Wildman–Crippen MR) is 92.3 cm³/mol. The van der Waals surface area contributed by atoms with Crippen molar-refractivity contribution in [3.8, 4) is 0 Å². The normalized spacial score (nSPS) is 16.6. The fourth-order valence-electron chi connectivity index (χ4n) is 2.50. The van der Waals surface area contributed by atoms with Crippen LogP contribution in [-0.2, 0) is 14.3 Å². The van der Waals surface area contributed by atoms with Crippen molar-refractivity contribution in [2.75, 3.05) is 37.7 Å². The van der Waals surface area contributed by atoms with Crippen LogP contribution in [0.5, 0.6) is 0 Å². The molecule has 1 atom stereocenters. The van der Waals surface area contributed by atoms with E-state index in [4.69, 9.17) is 4.74 Å². The third-order valence-electron chi connectivity index (χ3n) is 3.67. The number of ether oxygens (including phenoxy) is 1. The highest BCUT2D eigenvalue weighted by molar-refractivity contribution is 7.99. The van der Waals surface area contributed by atoms with Gasteiger partial charge in [0.05, 0.1) is 0 Å². The van der Waals surface area contributed by atoms with Crippen LogP contribution in [0.25, 0.3) is 0 Å². The number of thioether (sulfide) groups is 1. The van der Waals surface area contributed by atoms with Crippen molar-refractivity contribution in [3.05, 3.63) is 35.9 Å². The fraction of sp³-hybridized carbons (Fsp3) is 0.529. The van der Waals surface area contributed by atoms with Crippen molar-refractivity contribution >= 4 is 23.6 Å². The molecule has 0 radical (unpaired) electrons. The van der Waals surface area contributed by atoms with Gasteiger partial charge in [0.15, 0.2) is 6.61 Å². The second-order valence-electron chi connectivity index (χ2n) is 5.42. The quantitative estimate of drug-likeness (QED) is 0.770. The summed E-state index contributed by atoms with van der Waals surface area (Å²) in [4.78, 5) is 26.3. The Morgan fingerprint density at radius 1 is 1.26 bits per heavy atom. The molecular formula is C17H24N2O3S. The van der Waals surface area contributed by atoms with Crippen molar-refractivity contribution < 1.29 is 14.3 Å². The minimum absolute atomic E-state index is 0.218. The van der Waals surface area contributed by atoms with Gasteiger partial charge in [0, 0.05) is 31.1 Å². The summed E-state index contributed by atoms with van der Waals surface area (Å²) in [6.07, 6.45) is 0.859. The van der Waals surface area contributed by atoms with E-state index in [0.29, 0.717) is 6.54 Å². The molecule has 0 bridgehead atoms. The number of benzene rings is 1. The Morgan fingerprint density at radius 3 is 2.61 bits per heavy atom. The van der Waals surface area contributed by atoms with Crippen molar-refractivity contribution in [1.82, 2.24) is 10.2 Å². The first-order chi connectivity index (χ1) is 11.2. The van der Waals surface area contributed by atoms with E-state index >= 15 is 0 Å². The first kappa shape index (κ1) is 17.8. The van der Waals surface area contributed by atoms with E-state index in [1.54, 1.807) is 0 Å². The number of hydrogen-bond donors (Lipinski definition) is 1. The van der Waals surface area contributed by atoms with Crippen LogP contribution < -0.4 is 5.32 Å². The maximum Gasteiger partial charge on any atom is 0.328 e. The summed E-state index contributed by atoms with van der Waals surface area (Å²) in [7, 11) is 0. The largest absolute Gasteiger partial charge is 0.454 e. The minimum Gasteiger partial charge on any atom is -0.454 e. The van der Waals surface area contributed by atoms with Crippen LogP contribution in [0.15, 0.2) is 30.3 Å². The number of nitrogens with zero attached hydrogens (tertiary/aromatic N) is 1. The average molecular weight is 336 g/mol. The maximum atomic E-state index is 12.6. The summed E-state index contributed by atoms with van der Waals surface area (Å²) in [6.45, 7) is 4.06. The first-order valence-corrected chi connectivity index (χ1v) is 9.18. The molecule has 1 amide bonds. The van der Waals surface area contributed by atoms with Crippen LogP contribution in [0.2, 0.25) is 0 Å². The number of rotatable bonds is 7. The Kier molecular flexibility index (Phi) is 7.42. The standard InChI is InChI=1S/C17H24N2O3S/c1-2-8-18-15(20)13-22-17(21)16(14-6-4-3-5-7-14)19-9-11-23-12-10-19/h3-7,16H,2,8-13H2,1H3,(H,18,20). The van der Waals surface area contributed by atoms with Gasteiger partial charge in [-0.3, -0.25) is 9.69 Å². The van der Waals surface area contributed by atoms with E-state index in [2.05, 4.69) is 10.2 Å². The zero-order valence-corrected chi connectivity index (χ0v) is 14.3. The summed E-state index contributed by atoms with van der Waals surface area (Å²) in [5, 5.41) is 2.71. The molecule has 1 heterocycles. The van der Waals surface area contributed by atoms with Crippen LogP contribution in [0, 0.1) is 0 Å². The minimum atomic E-state index is -0.434. The van der Waals surface area contributed by atoms with Gasteiger partial charge in [-0.1, -0.05) is 37.3 Å². The number of carbonyl (C=O) groups excluding carboxylic acids is 2. The van der Waals surface area contributed by atoms with Crippen LogP contribution in [-0.4, -0.2) is 54.5 Å². The van der Waals surface area contributed by atoms with Gasteiger partial charge in [0.1, 0.15) is 6.04 Å². The van der Waals surface area contributed by atoms with Crippen LogP contribution >= 0.6 is 11.8 Å². The Morgan fingerprint density at radius 2 is 1.96 bits per heavy atom. The second kappa shape index (κ2) is 9.57. The topological polar surface area (TPSA) is 58.6 Å². The fourth-order valence-corrected chi connectivity index (χ4v) is 3.43. The highest BCUT2D eigenvalue weighted by atomic mass is 32.2. The Labute approximate surface area is 141 Å². The van der Waals surface area contributed by atoms with Gasteiger partial charge in [-0.05, 0) is 12.0 Å². The Bertz CT molecular complexity index is 504. The molecule has 0 spiro atoms. The number of nitrogens with one attached hydrogen (secondary N) is 1. The summed E-state index contributed by atoms with van der Waals surface area (Å²) < 4.78 is 5.27. The van der Waals surface area contributed by atoms with Gasteiger partial charge in [0.25, 0.3) is 5.91 Å². The molecule has 0 saturated carbocycles. The van der Waals surface area contributed by atoms with Gasteiger partial charge in [-0.25, -0.2) is 4.79 Å². The molecule has 0 aromatic heterocycles. The highest BCUT2D eigenvalue weighted by Gasteiger charge is 2.30. The molecule has 23 heavy (non-hydrogen) atoms. The van der Waals surface area contributed by atoms with E-state index < -0.39 is 6.04 Å². The molecule has 6 heteroatoms. The lowest BCUT2D eigenvalue weighted by Gasteiger charge is -2.33. The lowest BCUT2D eigenvalue weighted by molar-refractivity contribution is -0.154. The molecule has 1 aromatic rings. The summed E-state index contributed by atoms with van der Waals surface area (Å²) in [5.74, 6) is 1.41. The van der Waals surface area contributed by atoms with Gasteiger partial charge < -0.3 is 10.1 Å². The zero-order valence-electron chi connectivity index (χ0n) is 13.5. The van der Waals surface area contributed by atoms with Crippen molar-refractivity contribution in [1.29, 1.82) is 0 Å². The molecule has 2 rings (SSSR count). The Balaban J connectivity index is 2.01. The molecule has 1 aromatic carbocycles. The van der Waals surface area contributed by atoms with E-state index in [0.717, 1.165) is 36.6 Å². The molecule has 5 nitrogen and oxygen atoms in total. The highest BCUT2D eigenvalue weighted by Crippen LogP contribution is 2.25. The lowest BCUT2D eigenvalue weighted by Crippen LogP contribution is -2.41. The van der Waals surface area contributed by atoms with E-state index in [1.807, 2.05) is 49.0 Å². The first-order valence-electron chi connectivity index (χ1n) is 8.02. The summed E-state index contributed by atoms with van der Waals surface area (Å²) >= 11 is 1.89. The molecular weight excluding hydrogens is 312 g/mol. The van der Waals surface area contributed by atoms with Gasteiger partial charge >= 0.3 is 5.97 Å². The second-order valence-corrected chi connectivity index (χ2v) is 6.64. The number of hydrogen-bond acceptors (Lipinski definition) is 5. The number of carbonyl (C=O) groups is 2. The van der Waals surface area contributed by atoms with E-state index in [-0.39, 0.29) is 18.5 Å². The smallest absolute Gasteiger partial charge is 0.328 e. The van der Waals surface area contributed by atoms with Crippen molar-refractivity contribution in [3.63, 3.8) is 0 Å². The summed E-state index contributed by atoms with van der Waals surface area (Å²) in [5.41, 5.74) is 0.915. The molecule has 1 saturated heterocycles. The average Bonchev–Trinajstić information content (AvgIpc) is 2.60. The predicted octanol–water partition coefficient (Wildman–Crippen LogP) is 1.85. The van der Waals surface area contributed by atoms with Crippen LogP contribution in [0.1, 0.15) is 24.9 Å².